The maximum Gasteiger partial charge on any atom is 0.128 e. The third-order valence-electron chi connectivity index (χ3n) is 3.67. The van der Waals surface area contributed by atoms with Crippen molar-refractivity contribution in [3.8, 4) is 0 Å². The standard InChI is InChI=1S/C16H27N3/c1-13-14(12-17-16(2,3)4)8-9-15(18-13)19-10-6-5-7-11-19/h8-9,17H,5-7,10-12H2,1-4H3. The molecule has 106 valence electrons. The first kappa shape index (κ1) is 14.3. The third kappa shape index (κ3) is 4.20. The number of anilines is 1. The highest BCUT2D eigenvalue weighted by Gasteiger charge is 2.14. The summed E-state index contributed by atoms with van der Waals surface area (Å²) in [5.74, 6) is 1.15. The SMILES string of the molecule is Cc1nc(N2CCCCC2)ccc1CNC(C)(C)C. The zero-order chi connectivity index (χ0) is 13.9. The molecule has 0 spiro atoms. The van der Waals surface area contributed by atoms with Gasteiger partial charge in [0.25, 0.3) is 0 Å². The van der Waals surface area contributed by atoms with Crippen LogP contribution in [0, 0.1) is 6.92 Å². The molecule has 1 aliphatic heterocycles. The summed E-state index contributed by atoms with van der Waals surface area (Å²) >= 11 is 0. The summed E-state index contributed by atoms with van der Waals surface area (Å²) in [6.07, 6.45) is 3.96. The Morgan fingerprint density at radius 1 is 1.16 bits per heavy atom. The minimum atomic E-state index is 0.151. The summed E-state index contributed by atoms with van der Waals surface area (Å²) in [4.78, 5) is 7.20. The Balaban J connectivity index is 2.04. The normalized spacial score (nSPS) is 16.7. The van der Waals surface area contributed by atoms with Crippen molar-refractivity contribution >= 4 is 5.82 Å². The fourth-order valence-electron chi connectivity index (χ4n) is 2.42. The van der Waals surface area contributed by atoms with Crippen LogP contribution in [-0.4, -0.2) is 23.6 Å². The quantitative estimate of drug-likeness (QED) is 0.905. The second-order valence-corrected chi connectivity index (χ2v) is 6.57. The lowest BCUT2D eigenvalue weighted by Gasteiger charge is -2.28. The highest BCUT2D eigenvalue weighted by molar-refractivity contribution is 5.42. The van der Waals surface area contributed by atoms with E-state index in [4.69, 9.17) is 4.98 Å². The molecule has 0 amide bonds. The van der Waals surface area contributed by atoms with Crippen molar-refractivity contribution < 1.29 is 0 Å². The fourth-order valence-corrected chi connectivity index (χ4v) is 2.42. The van der Waals surface area contributed by atoms with E-state index in [9.17, 15) is 0 Å². The fraction of sp³-hybridized carbons (Fsp3) is 0.688. The number of nitrogens with one attached hydrogen (secondary N) is 1. The predicted octanol–water partition coefficient (Wildman–Crippen LogP) is 3.27. The number of aromatic nitrogens is 1. The molecule has 1 N–H and O–H groups in total. The number of hydrogen-bond donors (Lipinski definition) is 1. The molecule has 0 radical (unpaired) electrons. The van der Waals surface area contributed by atoms with E-state index in [0.717, 1.165) is 31.1 Å². The van der Waals surface area contributed by atoms with E-state index in [1.165, 1.54) is 24.8 Å². The highest BCUT2D eigenvalue weighted by atomic mass is 15.2. The molecule has 3 nitrogen and oxygen atoms in total. The average molecular weight is 261 g/mol. The zero-order valence-corrected chi connectivity index (χ0v) is 12.8. The van der Waals surface area contributed by atoms with Crippen LogP contribution in [0.2, 0.25) is 0 Å². The molecular weight excluding hydrogens is 234 g/mol. The van der Waals surface area contributed by atoms with E-state index >= 15 is 0 Å². The first-order valence-electron chi connectivity index (χ1n) is 7.42. The molecule has 1 aromatic heterocycles. The molecule has 1 fully saturated rings. The van der Waals surface area contributed by atoms with Gasteiger partial charge in [-0.05, 0) is 58.6 Å². The first-order valence-corrected chi connectivity index (χ1v) is 7.42. The van der Waals surface area contributed by atoms with Gasteiger partial charge in [-0.25, -0.2) is 4.98 Å². The summed E-state index contributed by atoms with van der Waals surface area (Å²) in [5.41, 5.74) is 2.60. The minimum absolute atomic E-state index is 0.151. The van der Waals surface area contributed by atoms with Gasteiger partial charge in [-0.3, -0.25) is 0 Å². The van der Waals surface area contributed by atoms with Crippen LogP contribution in [0.1, 0.15) is 51.3 Å². The number of pyridine rings is 1. The molecule has 0 bridgehead atoms. The van der Waals surface area contributed by atoms with Gasteiger partial charge in [-0.1, -0.05) is 6.07 Å². The van der Waals surface area contributed by atoms with Crippen molar-refractivity contribution in [2.45, 2.75) is 59.0 Å². The van der Waals surface area contributed by atoms with Crippen molar-refractivity contribution in [1.29, 1.82) is 0 Å². The van der Waals surface area contributed by atoms with E-state index in [1.54, 1.807) is 0 Å². The van der Waals surface area contributed by atoms with Gasteiger partial charge in [0, 0.05) is 30.9 Å². The summed E-state index contributed by atoms with van der Waals surface area (Å²) in [5, 5.41) is 3.52. The predicted molar refractivity (Wildman–Crippen MR) is 81.6 cm³/mol. The number of piperidine rings is 1. The molecule has 0 atom stereocenters. The Labute approximate surface area is 117 Å². The van der Waals surface area contributed by atoms with E-state index in [1.807, 2.05) is 0 Å². The van der Waals surface area contributed by atoms with Crippen LogP contribution in [0.4, 0.5) is 5.82 Å². The molecule has 0 aromatic carbocycles. The van der Waals surface area contributed by atoms with E-state index < -0.39 is 0 Å². The van der Waals surface area contributed by atoms with E-state index in [-0.39, 0.29) is 5.54 Å². The Morgan fingerprint density at radius 3 is 2.42 bits per heavy atom. The summed E-state index contributed by atoms with van der Waals surface area (Å²) in [6.45, 7) is 11.9. The third-order valence-corrected chi connectivity index (χ3v) is 3.67. The van der Waals surface area contributed by atoms with Crippen LogP contribution >= 0.6 is 0 Å². The molecule has 2 heterocycles. The number of hydrogen-bond acceptors (Lipinski definition) is 3. The van der Waals surface area contributed by atoms with Gasteiger partial charge < -0.3 is 10.2 Å². The van der Waals surface area contributed by atoms with Crippen molar-refractivity contribution in [2.75, 3.05) is 18.0 Å². The molecule has 3 heteroatoms. The van der Waals surface area contributed by atoms with Crippen molar-refractivity contribution in [3.05, 3.63) is 23.4 Å². The maximum atomic E-state index is 4.78. The topological polar surface area (TPSA) is 28.2 Å². The van der Waals surface area contributed by atoms with Crippen LogP contribution in [0.25, 0.3) is 0 Å². The second-order valence-electron chi connectivity index (χ2n) is 6.57. The molecule has 0 unspecified atom stereocenters. The van der Waals surface area contributed by atoms with Gasteiger partial charge in [-0.15, -0.1) is 0 Å². The maximum absolute atomic E-state index is 4.78. The van der Waals surface area contributed by atoms with Crippen LogP contribution in [-0.2, 0) is 6.54 Å². The Bertz CT molecular complexity index is 414. The van der Waals surface area contributed by atoms with Crippen molar-refractivity contribution in [2.24, 2.45) is 0 Å². The molecule has 1 saturated heterocycles. The summed E-state index contributed by atoms with van der Waals surface area (Å²) in [7, 11) is 0. The van der Waals surface area contributed by atoms with Crippen LogP contribution in [0.5, 0.6) is 0 Å². The van der Waals surface area contributed by atoms with Gasteiger partial charge in [-0.2, -0.15) is 0 Å². The van der Waals surface area contributed by atoms with Crippen LogP contribution in [0.3, 0.4) is 0 Å². The summed E-state index contributed by atoms with van der Waals surface area (Å²) in [6, 6.07) is 4.41. The number of nitrogens with zero attached hydrogens (tertiary/aromatic N) is 2. The monoisotopic (exact) mass is 261 g/mol. The van der Waals surface area contributed by atoms with Gasteiger partial charge in [0.1, 0.15) is 5.82 Å². The smallest absolute Gasteiger partial charge is 0.128 e. The van der Waals surface area contributed by atoms with Crippen LogP contribution in [0.15, 0.2) is 12.1 Å². The lowest BCUT2D eigenvalue weighted by atomic mass is 10.1. The van der Waals surface area contributed by atoms with E-state index in [2.05, 4.69) is 50.0 Å². The average Bonchev–Trinajstić information content (AvgIpc) is 2.37. The molecule has 0 aliphatic carbocycles. The van der Waals surface area contributed by atoms with Crippen LogP contribution < -0.4 is 10.2 Å². The molecule has 1 aliphatic rings. The molecule has 19 heavy (non-hydrogen) atoms. The zero-order valence-electron chi connectivity index (χ0n) is 12.8. The highest BCUT2D eigenvalue weighted by Crippen LogP contribution is 2.19. The van der Waals surface area contributed by atoms with E-state index in [0.29, 0.717) is 0 Å². The first-order chi connectivity index (χ1) is 8.96. The van der Waals surface area contributed by atoms with Crippen molar-refractivity contribution in [1.82, 2.24) is 10.3 Å². The Morgan fingerprint density at radius 2 is 1.84 bits per heavy atom. The Kier molecular flexibility index (Phi) is 4.46. The molecule has 2 rings (SSSR count). The van der Waals surface area contributed by atoms with Gasteiger partial charge in [0.15, 0.2) is 0 Å². The summed E-state index contributed by atoms with van der Waals surface area (Å²) < 4.78 is 0. The Hall–Kier alpha value is -1.09. The lowest BCUT2D eigenvalue weighted by Crippen LogP contribution is -2.35. The largest absolute Gasteiger partial charge is 0.357 e. The van der Waals surface area contributed by atoms with Gasteiger partial charge in [0.2, 0.25) is 0 Å². The number of aryl methyl sites for hydroxylation is 1. The molecule has 1 aromatic rings. The van der Waals surface area contributed by atoms with Gasteiger partial charge in [0.05, 0.1) is 0 Å². The second kappa shape index (κ2) is 5.91. The molecular formula is C16H27N3. The lowest BCUT2D eigenvalue weighted by molar-refractivity contribution is 0.423. The van der Waals surface area contributed by atoms with Gasteiger partial charge >= 0.3 is 0 Å². The molecule has 0 saturated carbocycles. The number of rotatable bonds is 3. The minimum Gasteiger partial charge on any atom is -0.357 e. The van der Waals surface area contributed by atoms with Crippen molar-refractivity contribution in [3.63, 3.8) is 0 Å².